The van der Waals surface area contributed by atoms with E-state index in [0.717, 1.165) is 45.1 Å². The van der Waals surface area contributed by atoms with Gasteiger partial charge in [-0.1, -0.05) is 29.8 Å². The average Bonchev–Trinajstić information content (AvgIpc) is 2.95. The quantitative estimate of drug-likeness (QED) is 0.899. The van der Waals surface area contributed by atoms with E-state index < -0.39 is 0 Å². The minimum atomic E-state index is 0.297. The summed E-state index contributed by atoms with van der Waals surface area (Å²) >= 11 is 0. The first kappa shape index (κ1) is 13.6. The molecule has 108 valence electrons. The average molecular weight is 272 g/mol. The first-order valence-corrected chi connectivity index (χ1v) is 7.51. The summed E-state index contributed by atoms with van der Waals surface area (Å²) in [7, 11) is 2.20. The van der Waals surface area contributed by atoms with Gasteiger partial charge in [-0.2, -0.15) is 0 Å². The monoisotopic (exact) mass is 272 g/mol. The second kappa shape index (κ2) is 5.94. The molecule has 1 aromatic rings. The van der Waals surface area contributed by atoms with Gasteiger partial charge in [-0.15, -0.1) is 0 Å². The zero-order valence-corrected chi connectivity index (χ0v) is 12.5. The Balaban J connectivity index is 1.88. The normalized spacial score (nSPS) is 22.4. The van der Waals surface area contributed by atoms with Crippen molar-refractivity contribution >= 4 is 5.84 Å². The van der Waals surface area contributed by atoms with Crippen LogP contribution in [0.4, 0.5) is 0 Å². The number of amidine groups is 1. The van der Waals surface area contributed by atoms with Crippen LogP contribution in [-0.2, 0) is 0 Å². The number of piperazine rings is 1. The molecule has 1 saturated heterocycles. The molecule has 0 amide bonds. The van der Waals surface area contributed by atoms with Gasteiger partial charge in [-0.25, -0.2) is 0 Å². The van der Waals surface area contributed by atoms with Crippen molar-refractivity contribution in [2.75, 3.05) is 46.3 Å². The molecule has 20 heavy (non-hydrogen) atoms. The molecule has 0 radical (unpaired) electrons. The Morgan fingerprint density at radius 3 is 2.65 bits per heavy atom. The fourth-order valence-corrected chi connectivity index (χ4v) is 3.06. The van der Waals surface area contributed by atoms with Gasteiger partial charge >= 0.3 is 0 Å². The summed E-state index contributed by atoms with van der Waals surface area (Å²) in [5, 5.41) is 3.48. The van der Waals surface area contributed by atoms with Crippen LogP contribution in [0, 0.1) is 6.92 Å². The molecule has 2 heterocycles. The fourth-order valence-electron chi connectivity index (χ4n) is 3.06. The number of nitrogens with zero attached hydrogens (tertiary/aromatic N) is 3. The molecule has 2 aliphatic rings. The van der Waals surface area contributed by atoms with E-state index in [0.29, 0.717) is 6.04 Å². The first-order chi connectivity index (χ1) is 9.74. The first-order valence-electron chi connectivity index (χ1n) is 7.51. The Hall–Kier alpha value is -1.39. The van der Waals surface area contributed by atoms with E-state index in [2.05, 4.69) is 58.3 Å². The van der Waals surface area contributed by atoms with Gasteiger partial charge in [0, 0.05) is 32.7 Å². The number of likely N-dealkylation sites (N-methyl/N-ethyl adjacent to an activating group) is 1. The van der Waals surface area contributed by atoms with Gasteiger partial charge in [0.1, 0.15) is 5.84 Å². The standard InChI is InChI=1S/C16H24N4/c1-13-4-3-5-14(12-13)15(16-17-6-7-18-16)20-10-8-19(2)9-11-20/h3-5,12,15H,6-11H2,1-2H3,(H,17,18). The highest BCUT2D eigenvalue weighted by Crippen LogP contribution is 2.25. The zero-order valence-electron chi connectivity index (χ0n) is 12.5. The summed E-state index contributed by atoms with van der Waals surface area (Å²) in [5.74, 6) is 1.15. The van der Waals surface area contributed by atoms with Gasteiger partial charge in [0.25, 0.3) is 0 Å². The third kappa shape index (κ3) is 2.86. The minimum absolute atomic E-state index is 0.297. The van der Waals surface area contributed by atoms with Gasteiger partial charge in [0.15, 0.2) is 0 Å². The molecule has 3 rings (SSSR count). The number of rotatable bonds is 3. The van der Waals surface area contributed by atoms with E-state index in [1.807, 2.05) is 0 Å². The number of aliphatic imine (C=N–C) groups is 1. The molecule has 1 aromatic carbocycles. The van der Waals surface area contributed by atoms with E-state index in [4.69, 9.17) is 0 Å². The molecule has 1 unspecified atom stereocenters. The van der Waals surface area contributed by atoms with Crippen LogP contribution in [0.5, 0.6) is 0 Å². The molecule has 0 saturated carbocycles. The van der Waals surface area contributed by atoms with Crippen molar-refractivity contribution < 1.29 is 0 Å². The summed E-state index contributed by atoms with van der Waals surface area (Å²) in [6.45, 7) is 8.53. The largest absolute Gasteiger partial charge is 0.370 e. The highest BCUT2D eigenvalue weighted by atomic mass is 15.3. The second-order valence-corrected chi connectivity index (χ2v) is 5.85. The van der Waals surface area contributed by atoms with Crippen molar-refractivity contribution in [1.82, 2.24) is 15.1 Å². The van der Waals surface area contributed by atoms with E-state index in [1.54, 1.807) is 0 Å². The molecule has 1 atom stereocenters. The molecule has 0 aliphatic carbocycles. The van der Waals surface area contributed by atoms with E-state index in [-0.39, 0.29) is 0 Å². The van der Waals surface area contributed by atoms with Crippen LogP contribution < -0.4 is 5.32 Å². The molecule has 0 spiro atoms. The van der Waals surface area contributed by atoms with Gasteiger partial charge in [-0.3, -0.25) is 9.89 Å². The molecule has 2 aliphatic heterocycles. The Labute approximate surface area is 121 Å². The lowest BCUT2D eigenvalue weighted by atomic mass is 10.0. The second-order valence-electron chi connectivity index (χ2n) is 5.85. The highest BCUT2D eigenvalue weighted by Gasteiger charge is 2.29. The predicted molar refractivity (Wildman–Crippen MR) is 83.3 cm³/mol. The Kier molecular flexibility index (Phi) is 4.03. The van der Waals surface area contributed by atoms with Gasteiger partial charge in [-0.05, 0) is 19.5 Å². The highest BCUT2D eigenvalue weighted by molar-refractivity contribution is 5.89. The van der Waals surface area contributed by atoms with Crippen LogP contribution in [0.2, 0.25) is 0 Å². The third-order valence-electron chi connectivity index (χ3n) is 4.22. The molecule has 1 fully saturated rings. The maximum atomic E-state index is 4.69. The molecular formula is C16H24N4. The van der Waals surface area contributed by atoms with Gasteiger partial charge in [0.2, 0.25) is 0 Å². The van der Waals surface area contributed by atoms with Crippen LogP contribution in [0.1, 0.15) is 17.2 Å². The lowest BCUT2D eigenvalue weighted by Crippen LogP contribution is -2.49. The molecular weight excluding hydrogens is 248 g/mol. The Morgan fingerprint density at radius 2 is 2.00 bits per heavy atom. The number of benzene rings is 1. The van der Waals surface area contributed by atoms with Crippen molar-refractivity contribution in [3.05, 3.63) is 35.4 Å². The predicted octanol–water partition coefficient (Wildman–Crippen LogP) is 1.29. The van der Waals surface area contributed by atoms with E-state index in [9.17, 15) is 0 Å². The van der Waals surface area contributed by atoms with Gasteiger partial charge < -0.3 is 10.2 Å². The summed E-state index contributed by atoms with van der Waals surface area (Å²) in [6, 6.07) is 9.15. The van der Waals surface area contributed by atoms with E-state index in [1.165, 1.54) is 11.1 Å². The number of nitrogens with one attached hydrogen (secondary N) is 1. The van der Waals surface area contributed by atoms with Crippen LogP contribution in [-0.4, -0.2) is 62.0 Å². The Bertz CT molecular complexity index is 489. The maximum Gasteiger partial charge on any atom is 0.119 e. The van der Waals surface area contributed by atoms with Crippen LogP contribution in [0.15, 0.2) is 29.3 Å². The van der Waals surface area contributed by atoms with E-state index >= 15 is 0 Å². The topological polar surface area (TPSA) is 30.9 Å². The van der Waals surface area contributed by atoms with Crippen molar-refractivity contribution in [1.29, 1.82) is 0 Å². The molecule has 1 N–H and O–H groups in total. The smallest absolute Gasteiger partial charge is 0.119 e. The lowest BCUT2D eigenvalue weighted by Gasteiger charge is -2.38. The van der Waals surface area contributed by atoms with Crippen LogP contribution in [0.25, 0.3) is 0 Å². The molecule has 0 aromatic heterocycles. The van der Waals surface area contributed by atoms with Crippen molar-refractivity contribution in [3.8, 4) is 0 Å². The van der Waals surface area contributed by atoms with Crippen LogP contribution in [0.3, 0.4) is 0 Å². The molecule has 0 bridgehead atoms. The zero-order chi connectivity index (χ0) is 13.9. The summed E-state index contributed by atoms with van der Waals surface area (Å²) in [5.41, 5.74) is 2.68. The maximum absolute atomic E-state index is 4.69. The fraction of sp³-hybridized carbons (Fsp3) is 0.562. The lowest BCUT2D eigenvalue weighted by molar-refractivity contribution is 0.136. The molecule has 4 nitrogen and oxygen atoms in total. The van der Waals surface area contributed by atoms with Crippen molar-refractivity contribution in [3.63, 3.8) is 0 Å². The van der Waals surface area contributed by atoms with Gasteiger partial charge in [0.05, 0.1) is 12.6 Å². The SMILES string of the molecule is Cc1cccc(C(C2=NCCN2)N2CCN(C)CC2)c1. The molecule has 4 heteroatoms. The van der Waals surface area contributed by atoms with Crippen molar-refractivity contribution in [2.24, 2.45) is 4.99 Å². The Morgan fingerprint density at radius 1 is 1.20 bits per heavy atom. The number of hydrogen-bond donors (Lipinski definition) is 1. The summed E-state index contributed by atoms with van der Waals surface area (Å²) < 4.78 is 0. The van der Waals surface area contributed by atoms with Crippen LogP contribution >= 0.6 is 0 Å². The number of aryl methyl sites for hydroxylation is 1. The summed E-state index contributed by atoms with van der Waals surface area (Å²) in [4.78, 5) is 9.64. The number of hydrogen-bond acceptors (Lipinski definition) is 4. The minimum Gasteiger partial charge on any atom is -0.370 e. The van der Waals surface area contributed by atoms with Crippen molar-refractivity contribution in [2.45, 2.75) is 13.0 Å². The summed E-state index contributed by atoms with van der Waals surface area (Å²) in [6.07, 6.45) is 0. The third-order valence-corrected chi connectivity index (χ3v) is 4.22.